The highest BCUT2D eigenvalue weighted by Gasteiger charge is 2.11. The number of anilines is 2. The maximum Gasteiger partial charge on any atom is 0.252 e. The number of hydrogen-bond donors (Lipinski definition) is 2. The third kappa shape index (κ3) is 4.57. The van der Waals surface area contributed by atoms with Gasteiger partial charge in [-0.05, 0) is 32.0 Å². The summed E-state index contributed by atoms with van der Waals surface area (Å²) in [5, 5.41) is 4.79. The molecule has 0 atom stereocenters. The summed E-state index contributed by atoms with van der Waals surface area (Å²) < 4.78 is 5.69. The van der Waals surface area contributed by atoms with Gasteiger partial charge in [-0.2, -0.15) is 0 Å². The number of aryl methyl sites for hydroxylation is 1. The average Bonchev–Trinajstić information content (AvgIpc) is 2.73. The third-order valence-corrected chi connectivity index (χ3v) is 5.19. The van der Waals surface area contributed by atoms with E-state index in [9.17, 15) is 4.79 Å². The second-order valence-corrected chi connectivity index (χ2v) is 7.38. The summed E-state index contributed by atoms with van der Waals surface area (Å²) in [6.45, 7) is 4.37. The highest BCUT2D eigenvalue weighted by atomic mass is 32.2. The minimum absolute atomic E-state index is 0.253. The minimum atomic E-state index is -0.253. The third-order valence-electron chi connectivity index (χ3n) is 4.21. The molecule has 0 bridgehead atoms. The number of para-hydroxylation sites is 1. The Hall–Kier alpha value is -3.46. The Labute approximate surface area is 177 Å². The fourth-order valence-corrected chi connectivity index (χ4v) is 3.69. The Bertz CT molecular complexity index is 1230. The molecule has 152 valence electrons. The molecule has 4 aromatic rings. The van der Waals surface area contributed by atoms with Crippen LogP contribution in [0.15, 0.2) is 58.5 Å². The molecule has 0 aliphatic rings. The van der Waals surface area contributed by atoms with Gasteiger partial charge in [0.05, 0.1) is 23.0 Å². The Kier molecular flexibility index (Phi) is 5.89. The van der Waals surface area contributed by atoms with Crippen LogP contribution in [0.25, 0.3) is 10.9 Å². The van der Waals surface area contributed by atoms with Crippen LogP contribution in [0.1, 0.15) is 18.3 Å². The number of aromatic nitrogens is 5. The van der Waals surface area contributed by atoms with Crippen LogP contribution in [-0.2, 0) is 5.75 Å². The van der Waals surface area contributed by atoms with Crippen LogP contribution in [0.3, 0.4) is 0 Å². The summed E-state index contributed by atoms with van der Waals surface area (Å²) in [6.07, 6.45) is 1.73. The summed E-state index contributed by atoms with van der Waals surface area (Å²) in [5.41, 5.74) is 1.88. The van der Waals surface area contributed by atoms with Crippen molar-refractivity contribution in [3.8, 4) is 5.75 Å². The van der Waals surface area contributed by atoms with E-state index in [0.717, 1.165) is 16.1 Å². The van der Waals surface area contributed by atoms with Gasteiger partial charge in [-0.25, -0.2) is 19.9 Å². The van der Waals surface area contributed by atoms with Crippen molar-refractivity contribution >= 4 is 34.6 Å². The molecule has 0 saturated heterocycles. The lowest BCUT2D eigenvalue weighted by Gasteiger charge is -2.11. The Balaban J connectivity index is 1.61. The molecule has 0 radical (unpaired) electrons. The molecule has 4 rings (SSSR count). The van der Waals surface area contributed by atoms with Crippen molar-refractivity contribution < 1.29 is 4.74 Å². The topological polar surface area (TPSA) is 106 Å². The van der Waals surface area contributed by atoms with E-state index >= 15 is 0 Å². The van der Waals surface area contributed by atoms with Gasteiger partial charge < -0.3 is 4.74 Å². The zero-order chi connectivity index (χ0) is 20.9. The minimum Gasteiger partial charge on any atom is -0.492 e. The van der Waals surface area contributed by atoms with E-state index in [0.29, 0.717) is 35.3 Å². The van der Waals surface area contributed by atoms with Gasteiger partial charge in [0.1, 0.15) is 11.3 Å². The molecule has 0 amide bonds. The van der Waals surface area contributed by atoms with Crippen LogP contribution in [0.2, 0.25) is 0 Å². The number of ether oxygens (including phenoxy) is 1. The number of nitrogens with one attached hydrogen (secondary N) is 2. The van der Waals surface area contributed by atoms with E-state index in [-0.39, 0.29) is 11.5 Å². The predicted molar refractivity (Wildman–Crippen MR) is 117 cm³/mol. The highest BCUT2D eigenvalue weighted by Crippen LogP contribution is 2.27. The standard InChI is InChI=1S/C21H20N6O2S/c1-3-29-16-8-6-7-15-13(2)23-20(26-19(15)16)27-21-24-14(11-17(28)25-21)12-30-18-9-4-5-10-22-18/h4-11H,3,12H2,1-2H3,(H2,23,24,25,26,27,28). The van der Waals surface area contributed by atoms with Crippen molar-refractivity contribution in [3.05, 3.63) is 70.4 Å². The molecule has 0 fully saturated rings. The molecule has 30 heavy (non-hydrogen) atoms. The van der Waals surface area contributed by atoms with Gasteiger partial charge in [-0.1, -0.05) is 18.2 Å². The SMILES string of the molecule is CCOc1cccc2c(C)nc(Nc3nc(CSc4ccccn4)cc(=O)[nH]3)nc12. The summed E-state index contributed by atoms with van der Waals surface area (Å²) in [4.78, 5) is 32.6. The molecular formula is C21H20N6O2S. The monoisotopic (exact) mass is 420 g/mol. The molecule has 0 saturated carbocycles. The molecule has 3 heterocycles. The van der Waals surface area contributed by atoms with Gasteiger partial charge in [0.25, 0.3) is 5.56 Å². The number of thioether (sulfide) groups is 1. The number of fused-ring (bicyclic) bond motifs is 1. The lowest BCUT2D eigenvalue weighted by Crippen LogP contribution is -2.13. The van der Waals surface area contributed by atoms with Crippen molar-refractivity contribution in [2.24, 2.45) is 0 Å². The normalized spacial score (nSPS) is 10.9. The number of hydrogen-bond acceptors (Lipinski definition) is 8. The molecule has 0 aliphatic heterocycles. The zero-order valence-corrected chi connectivity index (χ0v) is 17.4. The summed E-state index contributed by atoms with van der Waals surface area (Å²) in [6, 6.07) is 12.9. The summed E-state index contributed by atoms with van der Waals surface area (Å²) in [5.74, 6) is 1.82. The molecule has 0 spiro atoms. The van der Waals surface area contributed by atoms with Crippen LogP contribution >= 0.6 is 11.8 Å². The highest BCUT2D eigenvalue weighted by molar-refractivity contribution is 7.98. The van der Waals surface area contributed by atoms with Gasteiger partial charge in [0, 0.05) is 23.4 Å². The maximum absolute atomic E-state index is 12.1. The van der Waals surface area contributed by atoms with Crippen molar-refractivity contribution in [1.82, 2.24) is 24.9 Å². The first-order valence-corrected chi connectivity index (χ1v) is 10.4. The van der Waals surface area contributed by atoms with E-state index in [2.05, 4.69) is 30.2 Å². The Morgan fingerprint density at radius 1 is 1.13 bits per heavy atom. The van der Waals surface area contributed by atoms with E-state index in [1.165, 1.54) is 17.8 Å². The lowest BCUT2D eigenvalue weighted by molar-refractivity contribution is 0.343. The average molecular weight is 420 g/mol. The predicted octanol–water partition coefficient (Wildman–Crippen LogP) is 3.85. The largest absolute Gasteiger partial charge is 0.492 e. The van der Waals surface area contributed by atoms with Crippen LogP contribution in [-0.4, -0.2) is 31.5 Å². The molecule has 0 aliphatic carbocycles. The second-order valence-electron chi connectivity index (χ2n) is 6.38. The maximum atomic E-state index is 12.1. The quantitative estimate of drug-likeness (QED) is 0.434. The molecular weight excluding hydrogens is 400 g/mol. The molecule has 3 aromatic heterocycles. The van der Waals surface area contributed by atoms with E-state index in [1.807, 2.05) is 50.2 Å². The number of aromatic amines is 1. The zero-order valence-electron chi connectivity index (χ0n) is 16.5. The first-order chi connectivity index (χ1) is 14.6. The lowest BCUT2D eigenvalue weighted by atomic mass is 10.2. The Morgan fingerprint density at radius 2 is 2.03 bits per heavy atom. The smallest absolute Gasteiger partial charge is 0.252 e. The van der Waals surface area contributed by atoms with Crippen molar-refractivity contribution in [2.75, 3.05) is 11.9 Å². The number of H-pyrrole nitrogens is 1. The summed E-state index contributed by atoms with van der Waals surface area (Å²) in [7, 11) is 0. The summed E-state index contributed by atoms with van der Waals surface area (Å²) >= 11 is 1.51. The fourth-order valence-electron chi connectivity index (χ4n) is 2.93. The number of rotatable bonds is 7. The molecule has 1 aromatic carbocycles. The molecule has 2 N–H and O–H groups in total. The number of pyridine rings is 1. The van der Waals surface area contributed by atoms with Gasteiger partial charge in [0.15, 0.2) is 0 Å². The van der Waals surface area contributed by atoms with Crippen LogP contribution in [0.5, 0.6) is 5.75 Å². The second kappa shape index (κ2) is 8.91. The van der Waals surface area contributed by atoms with Crippen molar-refractivity contribution in [1.29, 1.82) is 0 Å². The van der Waals surface area contributed by atoms with E-state index < -0.39 is 0 Å². The van der Waals surface area contributed by atoms with Crippen molar-refractivity contribution in [2.45, 2.75) is 24.6 Å². The first-order valence-electron chi connectivity index (χ1n) is 9.43. The van der Waals surface area contributed by atoms with Crippen molar-refractivity contribution in [3.63, 3.8) is 0 Å². The number of benzene rings is 1. The molecule has 0 unspecified atom stereocenters. The van der Waals surface area contributed by atoms with Crippen LogP contribution < -0.4 is 15.6 Å². The first kappa shape index (κ1) is 19.8. The van der Waals surface area contributed by atoms with Gasteiger partial charge in [0.2, 0.25) is 11.9 Å². The molecule has 8 nitrogen and oxygen atoms in total. The molecule has 9 heteroatoms. The van der Waals surface area contributed by atoms with E-state index in [4.69, 9.17) is 4.74 Å². The van der Waals surface area contributed by atoms with Gasteiger partial charge >= 0.3 is 0 Å². The van der Waals surface area contributed by atoms with Crippen LogP contribution in [0, 0.1) is 6.92 Å². The fraction of sp³-hybridized carbons (Fsp3) is 0.190. The van der Waals surface area contributed by atoms with Gasteiger partial charge in [-0.15, -0.1) is 11.8 Å². The van der Waals surface area contributed by atoms with E-state index in [1.54, 1.807) is 6.20 Å². The van der Waals surface area contributed by atoms with Crippen LogP contribution in [0.4, 0.5) is 11.9 Å². The van der Waals surface area contributed by atoms with Gasteiger partial charge in [-0.3, -0.25) is 15.1 Å². The Morgan fingerprint density at radius 3 is 2.83 bits per heavy atom. The number of nitrogens with zero attached hydrogens (tertiary/aromatic N) is 4.